The molecule has 1 amide bonds. The van der Waals surface area contributed by atoms with Crippen LogP contribution in [0.3, 0.4) is 0 Å². The minimum Gasteiger partial charge on any atom is -0.465 e. The van der Waals surface area contributed by atoms with E-state index in [4.69, 9.17) is 0 Å². The number of ether oxygens (including phenoxy) is 1. The number of pyridine rings is 1. The number of anilines is 1. The number of methoxy groups -OCH3 is 1. The first-order valence-corrected chi connectivity index (χ1v) is 7.78. The lowest BCUT2D eigenvalue weighted by Crippen LogP contribution is -3.10. The van der Waals surface area contributed by atoms with E-state index in [1.807, 2.05) is 25.2 Å². The molecule has 0 fully saturated rings. The van der Waals surface area contributed by atoms with Crippen molar-refractivity contribution in [3.63, 3.8) is 0 Å². The van der Waals surface area contributed by atoms with Gasteiger partial charge in [0.05, 0.1) is 26.3 Å². The van der Waals surface area contributed by atoms with E-state index in [1.54, 1.807) is 30.5 Å². The van der Waals surface area contributed by atoms with Crippen LogP contribution in [0.4, 0.5) is 5.69 Å². The Balaban J connectivity index is 1.78. The molecule has 0 saturated heterocycles. The number of nitrogens with zero attached hydrogens (tertiary/aromatic N) is 1. The highest BCUT2D eigenvalue weighted by Crippen LogP contribution is 2.10. The molecule has 0 saturated carbocycles. The first kappa shape index (κ1) is 17.6. The summed E-state index contributed by atoms with van der Waals surface area (Å²) in [4.78, 5) is 28.8. The van der Waals surface area contributed by atoms with Gasteiger partial charge in [-0.1, -0.05) is 6.07 Å². The Kier molecular flexibility index (Phi) is 6.45. The van der Waals surface area contributed by atoms with Crippen molar-refractivity contribution < 1.29 is 19.2 Å². The standard InChI is InChI=1S/C18H21N3O3/c1-21(12-10-15-5-3-4-11-19-15)13-17(22)20-16-8-6-14(7-9-16)18(23)24-2/h3-9,11H,10,12-13H2,1-2H3,(H,20,22)/p+1. The molecule has 0 aliphatic heterocycles. The van der Waals surface area contributed by atoms with E-state index in [9.17, 15) is 9.59 Å². The second-order valence-electron chi connectivity index (χ2n) is 5.57. The zero-order chi connectivity index (χ0) is 17.4. The predicted molar refractivity (Wildman–Crippen MR) is 91.0 cm³/mol. The number of rotatable bonds is 7. The van der Waals surface area contributed by atoms with Crippen LogP contribution in [-0.4, -0.2) is 44.1 Å². The summed E-state index contributed by atoms with van der Waals surface area (Å²) in [5.41, 5.74) is 2.13. The average molecular weight is 328 g/mol. The van der Waals surface area contributed by atoms with E-state index in [-0.39, 0.29) is 5.91 Å². The maximum absolute atomic E-state index is 12.1. The quantitative estimate of drug-likeness (QED) is 0.729. The SMILES string of the molecule is COC(=O)c1ccc(NC(=O)C[NH+](C)CCc2ccccn2)cc1. The van der Waals surface area contributed by atoms with Gasteiger partial charge in [-0.3, -0.25) is 9.78 Å². The molecule has 2 N–H and O–H groups in total. The number of amides is 1. The minimum absolute atomic E-state index is 0.0701. The molecule has 1 unspecified atom stereocenters. The number of esters is 1. The number of aromatic nitrogens is 1. The molecule has 1 aromatic heterocycles. The Morgan fingerprint density at radius 2 is 1.92 bits per heavy atom. The van der Waals surface area contributed by atoms with Gasteiger partial charge in [0, 0.05) is 24.0 Å². The monoisotopic (exact) mass is 328 g/mol. The summed E-state index contributed by atoms with van der Waals surface area (Å²) in [6.07, 6.45) is 2.60. The third-order valence-corrected chi connectivity index (χ3v) is 3.59. The van der Waals surface area contributed by atoms with Crippen LogP contribution in [0.1, 0.15) is 16.1 Å². The summed E-state index contributed by atoms with van der Waals surface area (Å²) in [6, 6.07) is 12.5. The van der Waals surface area contributed by atoms with Crippen LogP contribution in [0.25, 0.3) is 0 Å². The molecule has 0 radical (unpaired) electrons. The molecular formula is C18H22N3O3+. The molecule has 24 heavy (non-hydrogen) atoms. The maximum Gasteiger partial charge on any atom is 0.337 e. The molecule has 6 heteroatoms. The van der Waals surface area contributed by atoms with Crippen molar-refractivity contribution in [2.45, 2.75) is 6.42 Å². The van der Waals surface area contributed by atoms with E-state index in [0.717, 1.165) is 23.6 Å². The van der Waals surface area contributed by atoms with Crippen molar-refractivity contribution in [3.8, 4) is 0 Å². The van der Waals surface area contributed by atoms with Gasteiger partial charge in [-0.05, 0) is 36.4 Å². The minimum atomic E-state index is -0.397. The van der Waals surface area contributed by atoms with Crippen LogP contribution in [0, 0.1) is 0 Å². The van der Waals surface area contributed by atoms with Gasteiger partial charge < -0.3 is 15.0 Å². The lowest BCUT2D eigenvalue weighted by atomic mass is 10.2. The predicted octanol–water partition coefficient (Wildman–Crippen LogP) is 0.564. The molecule has 0 aliphatic carbocycles. The molecule has 6 nitrogen and oxygen atoms in total. The molecule has 2 rings (SSSR count). The summed E-state index contributed by atoms with van der Waals surface area (Å²) >= 11 is 0. The first-order chi connectivity index (χ1) is 11.6. The fraction of sp³-hybridized carbons (Fsp3) is 0.278. The summed E-state index contributed by atoms with van der Waals surface area (Å²) < 4.78 is 4.64. The van der Waals surface area contributed by atoms with E-state index >= 15 is 0 Å². The van der Waals surface area contributed by atoms with E-state index < -0.39 is 5.97 Å². The summed E-state index contributed by atoms with van der Waals surface area (Å²) in [6.45, 7) is 1.19. The Morgan fingerprint density at radius 1 is 1.17 bits per heavy atom. The number of nitrogens with one attached hydrogen (secondary N) is 2. The second kappa shape index (κ2) is 8.79. The third-order valence-electron chi connectivity index (χ3n) is 3.59. The van der Waals surface area contributed by atoms with Gasteiger partial charge in [-0.2, -0.15) is 0 Å². The number of quaternary nitrogens is 1. The second-order valence-corrected chi connectivity index (χ2v) is 5.57. The van der Waals surface area contributed by atoms with Gasteiger partial charge in [0.2, 0.25) is 0 Å². The summed E-state index contributed by atoms with van der Waals surface area (Å²) in [5, 5.41) is 2.83. The van der Waals surface area contributed by atoms with E-state index in [1.165, 1.54) is 7.11 Å². The van der Waals surface area contributed by atoms with Crippen molar-refractivity contribution in [1.82, 2.24) is 4.98 Å². The van der Waals surface area contributed by atoms with Crippen molar-refractivity contribution in [3.05, 3.63) is 59.9 Å². The van der Waals surface area contributed by atoms with Crippen LogP contribution in [-0.2, 0) is 16.0 Å². The van der Waals surface area contributed by atoms with Crippen molar-refractivity contribution in [1.29, 1.82) is 0 Å². The fourth-order valence-corrected chi connectivity index (χ4v) is 2.26. The number of hydrogen-bond donors (Lipinski definition) is 2. The van der Waals surface area contributed by atoms with E-state index in [0.29, 0.717) is 17.8 Å². The van der Waals surface area contributed by atoms with Gasteiger partial charge in [0.1, 0.15) is 0 Å². The largest absolute Gasteiger partial charge is 0.465 e. The molecular weight excluding hydrogens is 306 g/mol. The highest BCUT2D eigenvalue weighted by molar-refractivity contribution is 5.93. The highest BCUT2D eigenvalue weighted by Gasteiger charge is 2.11. The molecule has 2 aromatic rings. The van der Waals surface area contributed by atoms with Gasteiger partial charge in [0.15, 0.2) is 6.54 Å². The van der Waals surface area contributed by atoms with Crippen LogP contribution in [0.2, 0.25) is 0 Å². The Hall–Kier alpha value is -2.73. The zero-order valence-corrected chi connectivity index (χ0v) is 13.9. The highest BCUT2D eigenvalue weighted by atomic mass is 16.5. The number of carbonyl (C=O) groups excluding carboxylic acids is 2. The molecule has 1 aromatic carbocycles. The third kappa shape index (κ3) is 5.48. The Labute approximate surface area is 141 Å². The molecule has 0 spiro atoms. The molecule has 0 bridgehead atoms. The smallest absolute Gasteiger partial charge is 0.337 e. The van der Waals surface area contributed by atoms with Crippen LogP contribution >= 0.6 is 0 Å². The molecule has 1 atom stereocenters. The number of carbonyl (C=O) groups is 2. The summed E-state index contributed by atoms with van der Waals surface area (Å²) in [5.74, 6) is -0.467. The van der Waals surface area contributed by atoms with Crippen LogP contribution < -0.4 is 10.2 Å². The maximum atomic E-state index is 12.1. The number of benzene rings is 1. The lowest BCUT2D eigenvalue weighted by molar-refractivity contribution is -0.870. The Morgan fingerprint density at radius 3 is 2.54 bits per heavy atom. The van der Waals surface area contributed by atoms with Crippen LogP contribution in [0.5, 0.6) is 0 Å². The van der Waals surface area contributed by atoms with Gasteiger partial charge in [-0.15, -0.1) is 0 Å². The number of likely N-dealkylation sites (N-methyl/N-ethyl adjacent to an activating group) is 1. The zero-order valence-electron chi connectivity index (χ0n) is 13.9. The van der Waals surface area contributed by atoms with Crippen molar-refractivity contribution in [2.75, 3.05) is 32.6 Å². The number of hydrogen-bond acceptors (Lipinski definition) is 4. The summed E-state index contributed by atoms with van der Waals surface area (Å²) in [7, 11) is 3.31. The molecule has 1 heterocycles. The lowest BCUT2D eigenvalue weighted by Gasteiger charge is -2.13. The van der Waals surface area contributed by atoms with Gasteiger partial charge >= 0.3 is 5.97 Å². The van der Waals surface area contributed by atoms with Gasteiger partial charge in [-0.25, -0.2) is 4.79 Å². The normalized spacial score (nSPS) is 11.6. The van der Waals surface area contributed by atoms with Gasteiger partial charge in [0.25, 0.3) is 5.91 Å². The van der Waals surface area contributed by atoms with Crippen molar-refractivity contribution >= 4 is 17.6 Å². The Bertz CT molecular complexity index is 672. The fourth-order valence-electron chi connectivity index (χ4n) is 2.26. The van der Waals surface area contributed by atoms with E-state index in [2.05, 4.69) is 15.0 Å². The molecule has 0 aliphatic rings. The topological polar surface area (TPSA) is 72.7 Å². The average Bonchev–Trinajstić information content (AvgIpc) is 2.60. The van der Waals surface area contributed by atoms with Crippen molar-refractivity contribution in [2.24, 2.45) is 0 Å². The first-order valence-electron chi connectivity index (χ1n) is 7.78. The molecule has 126 valence electrons. The van der Waals surface area contributed by atoms with Crippen LogP contribution in [0.15, 0.2) is 48.7 Å².